The molecule has 0 aliphatic carbocycles. The molecular weight excluding hydrogens is 433 g/mol. The van der Waals surface area contributed by atoms with Crippen molar-refractivity contribution in [2.24, 2.45) is 0 Å². The van der Waals surface area contributed by atoms with Crippen LogP contribution in [0.1, 0.15) is 0 Å². The summed E-state index contributed by atoms with van der Waals surface area (Å²) < 4.78 is 21.5. The minimum absolute atomic E-state index is 0.246. The van der Waals surface area contributed by atoms with Crippen LogP contribution in [0.25, 0.3) is 27.0 Å². The highest BCUT2D eigenvalue weighted by molar-refractivity contribution is 7.18. The minimum atomic E-state index is -0.462. The number of aromatic nitrogens is 4. The molecule has 0 bridgehead atoms. The number of rotatable bonds is 5. The van der Waals surface area contributed by atoms with Crippen LogP contribution in [0.2, 0.25) is 0 Å². The maximum Gasteiger partial charge on any atom is 0.352 e. The second kappa shape index (κ2) is 7.89. The maximum atomic E-state index is 13.3. The summed E-state index contributed by atoms with van der Waals surface area (Å²) in [6.07, 6.45) is 1.39. The van der Waals surface area contributed by atoms with Crippen LogP contribution < -0.4 is 15.7 Å². The first-order valence-electron chi connectivity index (χ1n) is 9.59. The van der Waals surface area contributed by atoms with E-state index in [9.17, 15) is 14.0 Å². The van der Waals surface area contributed by atoms with E-state index in [1.807, 2.05) is 5.38 Å². The van der Waals surface area contributed by atoms with Gasteiger partial charge in [-0.25, -0.2) is 23.3 Å². The highest BCUT2D eigenvalue weighted by Gasteiger charge is 2.17. The van der Waals surface area contributed by atoms with Gasteiger partial charge in [-0.3, -0.25) is 4.79 Å². The van der Waals surface area contributed by atoms with Gasteiger partial charge in [-0.15, -0.1) is 16.4 Å². The van der Waals surface area contributed by atoms with Crippen LogP contribution in [0.15, 0.2) is 65.0 Å². The van der Waals surface area contributed by atoms with Gasteiger partial charge in [0.05, 0.1) is 17.3 Å². The predicted molar refractivity (Wildman–Crippen MR) is 120 cm³/mol. The molecule has 3 heterocycles. The molecule has 8 nitrogen and oxygen atoms in total. The molecule has 3 aromatic heterocycles. The SMILES string of the molecule is COc1ccc(NC(=O)Cn2nc3c4scc(-c5ccc(F)cc5)c4ncn3c2=O)cc1. The van der Waals surface area contributed by atoms with Gasteiger partial charge < -0.3 is 10.1 Å². The third-order valence-electron chi connectivity index (χ3n) is 4.96. The first-order valence-corrected chi connectivity index (χ1v) is 10.5. The van der Waals surface area contributed by atoms with Gasteiger partial charge in [0.25, 0.3) is 0 Å². The largest absolute Gasteiger partial charge is 0.497 e. The zero-order valence-electron chi connectivity index (χ0n) is 16.8. The number of fused-ring (bicyclic) bond motifs is 3. The highest BCUT2D eigenvalue weighted by atomic mass is 32.1. The molecule has 2 aromatic carbocycles. The van der Waals surface area contributed by atoms with E-state index >= 15 is 0 Å². The third kappa shape index (κ3) is 3.50. The zero-order chi connectivity index (χ0) is 22.2. The van der Waals surface area contributed by atoms with E-state index in [0.717, 1.165) is 15.8 Å². The number of nitrogens with zero attached hydrogens (tertiary/aromatic N) is 4. The lowest BCUT2D eigenvalue weighted by molar-refractivity contribution is -0.117. The number of methoxy groups -OCH3 is 1. The van der Waals surface area contributed by atoms with E-state index in [4.69, 9.17) is 4.74 Å². The summed E-state index contributed by atoms with van der Waals surface area (Å²) in [5.41, 5.74) is 2.83. The molecule has 1 amide bonds. The van der Waals surface area contributed by atoms with Crippen LogP contribution in [0.4, 0.5) is 10.1 Å². The van der Waals surface area contributed by atoms with Crippen molar-refractivity contribution in [1.29, 1.82) is 0 Å². The van der Waals surface area contributed by atoms with Crippen molar-refractivity contribution in [2.45, 2.75) is 6.54 Å². The van der Waals surface area contributed by atoms with Crippen LogP contribution in [-0.2, 0) is 11.3 Å². The molecule has 1 N–H and O–H groups in total. The monoisotopic (exact) mass is 449 g/mol. The lowest BCUT2D eigenvalue weighted by Crippen LogP contribution is -2.28. The zero-order valence-corrected chi connectivity index (χ0v) is 17.6. The summed E-state index contributed by atoms with van der Waals surface area (Å²) >= 11 is 1.39. The third-order valence-corrected chi connectivity index (χ3v) is 5.93. The van der Waals surface area contributed by atoms with Gasteiger partial charge in [0.15, 0.2) is 5.65 Å². The van der Waals surface area contributed by atoms with Crippen molar-refractivity contribution in [1.82, 2.24) is 19.2 Å². The molecule has 0 saturated heterocycles. The summed E-state index contributed by atoms with van der Waals surface area (Å²) in [4.78, 5) is 29.6. The van der Waals surface area contributed by atoms with Gasteiger partial charge in [0, 0.05) is 16.6 Å². The van der Waals surface area contributed by atoms with Crippen LogP contribution in [0.3, 0.4) is 0 Å². The first kappa shape index (κ1) is 19.9. The molecule has 160 valence electrons. The lowest BCUT2D eigenvalue weighted by atomic mass is 10.1. The second-order valence-electron chi connectivity index (χ2n) is 6.99. The normalized spacial score (nSPS) is 11.2. The van der Waals surface area contributed by atoms with Crippen molar-refractivity contribution < 1.29 is 13.9 Å². The minimum Gasteiger partial charge on any atom is -0.497 e. The Bertz CT molecular complexity index is 1500. The number of halogens is 1. The number of carbonyl (C=O) groups is 1. The fourth-order valence-corrected chi connectivity index (χ4v) is 4.38. The van der Waals surface area contributed by atoms with Crippen LogP contribution >= 0.6 is 11.3 Å². The van der Waals surface area contributed by atoms with E-state index in [1.54, 1.807) is 43.5 Å². The number of hydrogen-bond acceptors (Lipinski definition) is 6. The van der Waals surface area contributed by atoms with E-state index in [-0.39, 0.29) is 18.3 Å². The van der Waals surface area contributed by atoms with Gasteiger partial charge in [-0.05, 0) is 42.0 Å². The Morgan fingerprint density at radius 3 is 2.62 bits per heavy atom. The Hall–Kier alpha value is -4.05. The first-order chi connectivity index (χ1) is 15.5. The number of ether oxygens (including phenoxy) is 1. The average molecular weight is 449 g/mol. The molecule has 10 heteroatoms. The Morgan fingerprint density at radius 2 is 1.91 bits per heavy atom. The molecule has 0 radical (unpaired) electrons. The van der Waals surface area contributed by atoms with Gasteiger partial charge in [-0.1, -0.05) is 12.1 Å². The number of amides is 1. The van der Waals surface area contributed by atoms with E-state index in [0.29, 0.717) is 27.3 Å². The maximum absolute atomic E-state index is 13.3. The lowest BCUT2D eigenvalue weighted by Gasteiger charge is -2.05. The number of nitrogens with one attached hydrogen (secondary N) is 1. The van der Waals surface area contributed by atoms with Gasteiger partial charge in [-0.2, -0.15) is 0 Å². The Morgan fingerprint density at radius 1 is 1.16 bits per heavy atom. The summed E-state index contributed by atoms with van der Waals surface area (Å²) in [5, 5.41) is 8.99. The predicted octanol–water partition coefficient (Wildman–Crippen LogP) is 3.56. The number of anilines is 1. The fraction of sp³-hybridized carbons (Fsp3) is 0.0909. The summed E-state index contributed by atoms with van der Waals surface area (Å²) in [7, 11) is 1.56. The van der Waals surface area contributed by atoms with Crippen molar-refractivity contribution >= 4 is 38.8 Å². The fourth-order valence-electron chi connectivity index (χ4n) is 3.38. The van der Waals surface area contributed by atoms with Crippen molar-refractivity contribution in [3.8, 4) is 16.9 Å². The molecule has 5 aromatic rings. The molecule has 0 atom stereocenters. The smallest absolute Gasteiger partial charge is 0.352 e. The van der Waals surface area contributed by atoms with Gasteiger partial charge in [0.1, 0.15) is 24.4 Å². The molecule has 0 spiro atoms. The molecule has 5 rings (SSSR count). The average Bonchev–Trinajstić information content (AvgIpc) is 3.36. The number of benzene rings is 2. The number of hydrogen-bond donors (Lipinski definition) is 1. The van der Waals surface area contributed by atoms with Crippen LogP contribution in [-0.4, -0.2) is 32.2 Å². The Kier molecular flexibility index (Phi) is 4.91. The number of thiophene rings is 1. The van der Waals surface area contributed by atoms with Crippen LogP contribution in [0, 0.1) is 5.82 Å². The quantitative estimate of drug-likeness (QED) is 0.443. The molecule has 32 heavy (non-hydrogen) atoms. The molecule has 0 aliphatic heterocycles. The van der Waals surface area contributed by atoms with E-state index in [1.165, 1.54) is 34.2 Å². The van der Waals surface area contributed by atoms with E-state index < -0.39 is 5.69 Å². The Balaban J connectivity index is 1.46. The highest BCUT2D eigenvalue weighted by Crippen LogP contribution is 2.34. The van der Waals surface area contributed by atoms with Crippen molar-refractivity contribution in [2.75, 3.05) is 12.4 Å². The molecule has 0 fully saturated rings. The van der Waals surface area contributed by atoms with Crippen molar-refractivity contribution in [3.63, 3.8) is 0 Å². The van der Waals surface area contributed by atoms with Gasteiger partial charge in [0.2, 0.25) is 5.91 Å². The Labute approximate surface area is 184 Å². The summed E-state index contributed by atoms with van der Waals surface area (Å²) in [6, 6.07) is 13.0. The topological polar surface area (TPSA) is 90.5 Å². The van der Waals surface area contributed by atoms with E-state index in [2.05, 4.69) is 15.4 Å². The summed E-state index contributed by atoms with van der Waals surface area (Å²) in [5.74, 6) is -0.0306. The molecule has 0 unspecified atom stereocenters. The second-order valence-corrected chi connectivity index (χ2v) is 7.87. The molecule has 0 saturated carbocycles. The number of carbonyl (C=O) groups excluding carboxylic acids is 1. The molecular formula is C22H16FN5O3S. The van der Waals surface area contributed by atoms with Gasteiger partial charge >= 0.3 is 5.69 Å². The standard InChI is InChI=1S/C22H16FN5O3S/c1-31-16-8-6-15(7-9-16)25-18(29)10-28-22(30)27-12-24-19-17(11-32-20(19)21(27)26-28)13-2-4-14(23)5-3-13/h2-9,11-12H,10H2,1H3,(H,25,29). The molecule has 0 aliphatic rings. The van der Waals surface area contributed by atoms with Crippen molar-refractivity contribution in [3.05, 3.63) is 76.5 Å². The van der Waals surface area contributed by atoms with Crippen LogP contribution in [0.5, 0.6) is 5.75 Å². The summed E-state index contributed by atoms with van der Waals surface area (Å²) in [6.45, 7) is -0.246.